The normalized spacial score (nSPS) is 29.7. The van der Waals surface area contributed by atoms with Crippen LogP contribution in [0.2, 0.25) is 0 Å². The van der Waals surface area contributed by atoms with Crippen molar-refractivity contribution in [1.82, 2.24) is 19.7 Å². The number of rotatable bonds is 2. The maximum atomic E-state index is 11.6. The first-order valence-corrected chi connectivity index (χ1v) is 7.64. The molecule has 2 fully saturated rings. The van der Waals surface area contributed by atoms with Crippen LogP contribution in [-0.4, -0.2) is 49.3 Å². The molecule has 0 aliphatic carbocycles. The Morgan fingerprint density at radius 3 is 2.79 bits per heavy atom. The summed E-state index contributed by atoms with van der Waals surface area (Å²) < 4.78 is 26.3. The van der Waals surface area contributed by atoms with Gasteiger partial charge in [-0.15, -0.1) is 0 Å². The van der Waals surface area contributed by atoms with Gasteiger partial charge < -0.3 is 10.6 Å². The molecular weight excluding hydrogens is 272 g/mol. The van der Waals surface area contributed by atoms with Crippen LogP contribution in [0.3, 0.4) is 0 Å². The maximum Gasteiger partial charge on any atom is 0.315 e. The first-order chi connectivity index (χ1) is 8.79. The monoisotopic (exact) mass is 290 g/mol. The number of carbonyl (C=O) groups excluding carboxylic acids is 2. The van der Waals surface area contributed by atoms with Gasteiger partial charge in [-0.3, -0.25) is 4.79 Å². The van der Waals surface area contributed by atoms with Crippen LogP contribution >= 0.6 is 0 Å². The van der Waals surface area contributed by atoms with E-state index in [4.69, 9.17) is 0 Å². The molecular formula is C10H18N4O4S. The highest BCUT2D eigenvalue weighted by Gasteiger charge is 2.47. The van der Waals surface area contributed by atoms with Gasteiger partial charge in [0.1, 0.15) is 6.04 Å². The van der Waals surface area contributed by atoms with Gasteiger partial charge in [0.25, 0.3) is 5.91 Å². The van der Waals surface area contributed by atoms with Crippen molar-refractivity contribution in [2.24, 2.45) is 0 Å². The highest BCUT2D eigenvalue weighted by Crippen LogP contribution is 2.24. The molecule has 108 valence electrons. The van der Waals surface area contributed by atoms with Gasteiger partial charge >= 0.3 is 16.2 Å². The molecule has 0 aromatic carbocycles. The van der Waals surface area contributed by atoms with Gasteiger partial charge in [0.15, 0.2) is 0 Å². The summed E-state index contributed by atoms with van der Waals surface area (Å²) in [6, 6.07) is -1.17. The van der Waals surface area contributed by atoms with Crippen LogP contribution in [0.1, 0.15) is 26.7 Å². The number of nitrogens with zero attached hydrogens (tertiary/aromatic N) is 1. The summed E-state index contributed by atoms with van der Waals surface area (Å²) in [6.07, 6.45) is 0.798. The van der Waals surface area contributed by atoms with E-state index in [0.29, 0.717) is 12.8 Å². The summed E-state index contributed by atoms with van der Waals surface area (Å²) in [7, 11) is -3.66. The van der Waals surface area contributed by atoms with Gasteiger partial charge in [-0.25, -0.2) is 9.52 Å². The molecule has 2 aliphatic heterocycles. The number of carbonyl (C=O) groups is 2. The Labute approximate surface area is 112 Å². The van der Waals surface area contributed by atoms with Crippen molar-refractivity contribution >= 4 is 22.1 Å². The zero-order chi connectivity index (χ0) is 14.2. The van der Waals surface area contributed by atoms with E-state index >= 15 is 0 Å². The molecule has 2 aliphatic rings. The summed E-state index contributed by atoms with van der Waals surface area (Å²) >= 11 is 0. The zero-order valence-corrected chi connectivity index (χ0v) is 11.7. The van der Waals surface area contributed by atoms with Gasteiger partial charge in [0.2, 0.25) is 0 Å². The lowest BCUT2D eigenvalue weighted by Crippen LogP contribution is -2.52. The second-order valence-electron chi connectivity index (χ2n) is 5.09. The number of hydrogen-bond acceptors (Lipinski definition) is 4. The van der Waals surface area contributed by atoms with Gasteiger partial charge in [0, 0.05) is 18.6 Å². The summed E-state index contributed by atoms with van der Waals surface area (Å²) in [4.78, 5) is 23.1. The van der Waals surface area contributed by atoms with E-state index in [9.17, 15) is 18.0 Å². The third-order valence-electron chi connectivity index (χ3n) is 3.15. The largest absolute Gasteiger partial charge is 0.336 e. The molecule has 19 heavy (non-hydrogen) atoms. The minimum absolute atomic E-state index is 0.0234. The maximum absolute atomic E-state index is 11.6. The molecule has 2 rings (SSSR count). The molecule has 2 heterocycles. The van der Waals surface area contributed by atoms with Crippen molar-refractivity contribution in [3.8, 4) is 0 Å². The average molecular weight is 290 g/mol. The lowest BCUT2D eigenvalue weighted by molar-refractivity contribution is -0.122. The van der Waals surface area contributed by atoms with Crippen molar-refractivity contribution in [2.45, 2.75) is 44.8 Å². The van der Waals surface area contributed by atoms with Gasteiger partial charge in [0.05, 0.1) is 0 Å². The highest BCUT2D eigenvalue weighted by atomic mass is 32.2. The van der Waals surface area contributed by atoms with Crippen molar-refractivity contribution in [1.29, 1.82) is 0 Å². The quantitative estimate of drug-likeness (QED) is 0.600. The van der Waals surface area contributed by atoms with Crippen molar-refractivity contribution < 1.29 is 18.0 Å². The third-order valence-corrected chi connectivity index (χ3v) is 4.66. The number of amides is 3. The van der Waals surface area contributed by atoms with Crippen LogP contribution in [0.25, 0.3) is 0 Å². The van der Waals surface area contributed by atoms with Gasteiger partial charge in [-0.1, -0.05) is 0 Å². The lowest BCUT2D eigenvalue weighted by Gasteiger charge is -2.31. The third kappa shape index (κ3) is 2.98. The first kappa shape index (κ1) is 14.1. The lowest BCUT2D eigenvalue weighted by atomic mass is 9.99. The Balaban J connectivity index is 1.96. The molecule has 8 nitrogen and oxygen atoms in total. The van der Waals surface area contributed by atoms with E-state index in [-0.39, 0.29) is 24.7 Å². The smallest absolute Gasteiger partial charge is 0.315 e. The summed E-state index contributed by atoms with van der Waals surface area (Å²) in [6.45, 7) is 3.93. The van der Waals surface area contributed by atoms with Crippen LogP contribution in [0, 0.1) is 0 Å². The van der Waals surface area contributed by atoms with E-state index in [2.05, 4.69) is 10.6 Å². The van der Waals surface area contributed by atoms with Crippen molar-refractivity contribution in [2.75, 3.05) is 6.54 Å². The number of piperidine rings is 1. The van der Waals surface area contributed by atoms with Crippen LogP contribution in [-0.2, 0) is 15.0 Å². The van der Waals surface area contributed by atoms with E-state index < -0.39 is 22.2 Å². The van der Waals surface area contributed by atoms with E-state index in [1.54, 1.807) is 0 Å². The van der Waals surface area contributed by atoms with Crippen LogP contribution < -0.4 is 15.4 Å². The molecule has 0 aromatic rings. The van der Waals surface area contributed by atoms with Crippen LogP contribution in [0.4, 0.5) is 4.79 Å². The number of fused-ring (bicyclic) bond motifs is 1. The second kappa shape index (κ2) is 4.97. The summed E-state index contributed by atoms with van der Waals surface area (Å²) in [5.74, 6) is -0.518. The molecule has 0 radical (unpaired) electrons. The summed E-state index contributed by atoms with van der Waals surface area (Å²) in [5.41, 5.74) is 0. The molecule has 0 bridgehead atoms. The standard InChI is InChI=1S/C10H18N4O4S/c1-6(2)11-10(16)12-7-3-4-14-8(5-7)9(15)13-19(14,17)18/h6-8H,3-5H2,1-2H3,(H,13,15)(H2,11,12,16)/t7-,8-/m0/s1. The molecule has 0 unspecified atom stereocenters. The molecule has 0 aromatic heterocycles. The molecule has 0 saturated carbocycles. The minimum atomic E-state index is -3.66. The molecule has 3 amide bonds. The Morgan fingerprint density at radius 1 is 1.47 bits per heavy atom. The Bertz CT molecular complexity index is 490. The van der Waals surface area contributed by atoms with E-state index in [0.717, 1.165) is 4.31 Å². The first-order valence-electron chi connectivity index (χ1n) is 6.20. The number of nitrogens with one attached hydrogen (secondary N) is 3. The van der Waals surface area contributed by atoms with Gasteiger partial charge in [-0.05, 0) is 26.7 Å². The minimum Gasteiger partial charge on any atom is -0.336 e. The van der Waals surface area contributed by atoms with Crippen LogP contribution in [0.15, 0.2) is 0 Å². The predicted octanol–water partition coefficient (Wildman–Crippen LogP) is -1.10. The second-order valence-corrected chi connectivity index (χ2v) is 6.71. The highest BCUT2D eigenvalue weighted by molar-refractivity contribution is 7.88. The van der Waals surface area contributed by atoms with Crippen LogP contribution in [0.5, 0.6) is 0 Å². The Hall–Kier alpha value is -1.35. The molecule has 0 spiro atoms. The SMILES string of the molecule is CC(C)NC(=O)N[C@H]1CCN2[C@@H](C1)C(=O)NS2(=O)=O. The summed E-state index contributed by atoms with van der Waals surface area (Å²) in [5, 5.41) is 5.45. The van der Waals surface area contributed by atoms with E-state index in [1.165, 1.54) is 0 Å². The topological polar surface area (TPSA) is 108 Å². The van der Waals surface area contributed by atoms with Gasteiger partial charge in [-0.2, -0.15) is 12.7 Å². The number of hydrogen-bond donors (Lipinski definition) is 3. The number of urea groups is 1. The molecule has 2 atom stereocenters. The fourth-order valence-corrected chi connectivity index (χ4v) is 3.71. The van der Waals surface area contributed by atoms with E-state index in [1.807, 2.05) is 18.6 Å². The Kier molecular flexibility index (Phi) is 3.68. The molecule has 2 saturated heterocycles. The average Bonchev–Trinajstić information content (AvgIpc) is 2.48. The Morgan fingerprint density at radius 2 is 2.16 bits per heavy atom. The zero-order valence-electron chi connectivity index (χ0n) is 10.8. The molecule has 3 N–H and O–H groups in total. The van der Waals surface area contributed by atoms with Crippen molar-refractivity contribution in [3.05, 3.63) is 0 Å². The van der Waals surface area contributed by atoms with Crippen molar-refractivity contribution in [3.63, 3.8) is 0 Å². The predicted molar refractivity (Wildman–Crippen MR) is 67.4 cm³/mol. The fourth-order valence-electron chi connectivity index (χ4n) is 2.34. The fraction of sp³-hybridized carbons (Fsp3) is 0.800. The molecule has 9 heteroatoms.